The third kappa shape index (κ3) is 12.0. The Labute approximate surface area is 131 Å². The highest BCUT2D eigenvalue weighted by atomic mass is 16.5. The zero-order chi connectivity index (χ0) is 16.8. The average Bonchev–Trinajstić information content (AvgIpc) is 2.47. The average molecular weight is 314 g/mol. The first-order chi connectivity index (χ1) is 10.4. The molecule has 0 aliphatic carbocycles. The van der Waals surface area contributed by atoms with E-state index < -0.39 is 0 Å². The third-order valence-corrected chi connectivity index (χ3v) is 2.29. The minimum atomic E-state index is -0.241. The van der Waals surface area contributed by atoms with Gasteiger partial charge < -0.3 is 9.47 Å². The van der Waals surface area contributed by atoms with E-state index in [1.54, 1.807) is 13.8 Å². The summed E-state index contributed by atoms with van der Waals surface area (Å²) in [7, 11) is 0. The summed E-state index contributed by atoms with van der Waals surface area (Å²) in [6.45, 7) is 13.1. The van der Waals surface area contributed by atoms with Crippen molar-refractivity contribution in [3.8, 4) is 0 Å². The molecule has 0 spiro atoms. The molecule has 0 rings (SSSR count). The molecule has 0 aromatic rings. The Balaban J connectivity index is 3.21. The molecule has 0 aromatic carbocycles. The summed E-state index contributed by atoms with van der Waals surface area (Å²) in [6, 6.07) is 0. The van der Waals surface area contributed by atoms with Gasteiger partial charge in [-0.05, 0) is 13.8 Å². The van der Waals surface area contributed by atoms with Crippen LogP contribution < -0.4 is 21.7 Å². The largest absolute Gasteiger partial charge is 0.378 e. The lowest BCUT2D eigenvalue weighted by Crippen LogP contribution is -2.40. The molecule has 8 heteroatoms. The second-order valence-electron chi connectivity index (χ2n) is 4.55. The number of carbonyl (C=O) groups is 2. The zero-order valence-electron chi connectivity index (χ0n) is 13.3. The van der Waals surface area contributed by atoms with Crippen LogP contribution in [0.5, 0.6) is 0 Å². The van der Waals surface area contributed by atoms with E-state index in [2.05, 4.69) is 34.9 Å². The van der Waals surface area contributed by atoms with Gasteiger partial charge in [-0.2, -0.15) is 0 Å². The summed E-state index contributed by atoms with van der Waals surface area (Å²) in [6.07, 6.45) is 0. The smallest absolute Gasteiger partial charge is 0.260 e. The topological polar surface area (TPSA) is 101 Å². The maximum Gasteiger partial charge on any atom is 0.260 e. The molecule has 0 saturated heterocycles. The molecule has 0 fully saturated rings. The van der Waals surface area contributed by atoms with Crippen molar-refractivity contribution in [3.63, 3.8) is 0 Å². The van der Waals surface area contributed by atoms with E-state index in [4.69, 9.17) is 9.47 Å². The van der Waals surface area contributed by atoms with Crippen molar-refractivity contribution in [2.24, 2.45) is 0 Å². The van der Waals surface area contributed by atoms with Crippen molar-refractivity contribution in [2.75, 3.05) is 39.5 Å². The second-order valence-corrected chi connectivity index (χ2v) is 4.55. The monoisotopic (exact) mass is 314 g/mol. The first-order valence-corrected chi connectivity index (χ1v) is 6.98. The molecule has 4 N–H and O–H groups in total. The van der Waals surface area contributed by atoms with E-state index >= 15 is 0 Å². The molecule has 0 radical (unpaired) electrons. The van der Waals surface area contributed by atoms with Crippen molar-refractivity contribution in [3.05, 3.63) is 24.3 Å². The van der Waals surface area contributed by atoms with Gasteiger partial charge in [-0.25, -0.2) is 10.9 Å². The molecule has 126 valence electrons. The molecule has 0 atom stereocenters. The molecule has 0 bridgehead atoms. The summed E-state index contributed by atoms with van der Waals surface area (Å²) in [5.41, 5.74) is 11.3. The minimum absolute atomic E-state index is 0.241. The summed E-state index contributed by atoms with van der Waals surface area (Å²) in [5.74, 6) is -0.482. The summed E-state index contributed by atoms with van der Waals surface area (Å²) >= 11 is 0. The van der Waals surface area contributed by atoms with Gasteiger partial charge in [0.1, 0.15) is 0 Å². The lowest BCUT2D eigenvalue weighted by Gasteiger charge is -2.09. The fourth-order valence-electron chi connectivity index (χ4n) is 1.07. The lowest BCUT2D eigenvalue weighted by atomic mass is 10.3. The van der Waals surface area contributed by atoms with E-state index in [0.717, 1.165) is 0 Å². The molecule has 8 nitrogen and oxygen atoms in total. The van der Waals surface area contributed by atoms with Crippen LogP contribution in [0.15, 0.2) is 24.3 Å². The second kappa shape index (κ2) is 13.0. The maximum atomic E-state index is 11.1. The van der Waals surface area contributed by atoms with Crippen LogP contribution in [-0.2, 0) is 19.1 Å². The molecule has 0 aliphatic rings. The Morgan fingerprint density at radius 1 is 0.773 bits per heavy atom. The molecule has 0 heterocycles. The Hall–Kier alpha value is -1.74. The molecule has 22 heavy (non-hydrogen) atoms. The van der Waals surface area contributed by atoms with E-state index in [1.165, 1.54) is 0 Å². The van der Waals surface area contributed by atoms with Gasteiger partial charge >= 0.3 is 0 Å². The van der Waals surface area contributed by atoms with Crippen LogP contribution in [-0.4, -0.2) is 51.3 Å². The highest BCUT2D eigenvalue weighted by Crippen LogP contribution is 1.83. The zero-order valence-corrected chi connectivity index (χ0v) is 13.3. The van der Waals surface area contributed by atoms with Gasteiger partial charge in [0.15, 0.2) is 0 Å². The first kappa shape index (κ1) is 20.3. The van der Waals surface area contributed by atoms with Gasteiger partial charge in [-0.3, -0.25) is 20.4 Å². The van der Waals surface area contributed by atoms with Crippen LogP contribution in [0.4, 0.5) is 0 Å². The van der Waals surface area contributed by atoms with Gasteiger partial charge in [0.25, 0.3) is 11.8 Å². The predicted octanol–water partition coefficient (Wildman–Crippen LogP) is -0.587. The summed E-state index contributed by atoms with van der Waals surface area (Å²) in [5, 5.41) is 0. The van der Waals surface area contributed by atoms with E-state index in [-0.39, 0.29) is 11.8 Å². The first-order valence-electron chi connectivity index (χ1n) is 6.98. The number of hydrazine groups is 2. The Kier molecular flexibility index (Phi) is 11.9. The number of carbonyl (C=O) groups excluding carboxylic acids is 2. The predicted molar refractivity (Wildman–Crippen MR) is 83.6 cm³/mol. The van der Waals surface area contributed by atoms with Crippen molar-refractivity contribution in [1.82, 2.24) is 21.7 Å². The Morgan fingerprint density at radius 2 is 1.14 bits per heavy atom. The maximum absolute atomic E-state index is 11.1. The van der Waals surface area contributed by atoms with Crippen molar-refractivity contribution < 1.29 is 19.1 Å². The van der Waals surface area contributed by atoms with Gasteiger partial charge in [-0.15, -0.1) is 0 Å². The molecule has 0 aliphatic heterocycles. The summed E-state index contributed by atoms with van der Waals surface area (Å²) in [4.78, 5) is 22.2. The Morgan fingerprint density at radius 3 is 1.45 bits per heavy atom. The van der Waals surface area contributed by atoms with Crippen molar-refractivity contribution in [2.45, 2.75) is 13.8 Å². The van der Waals surface area contributed by atoms with Gasteiger partial charge in [0.05, 0.1) is 26.4 Å². The molecular formula is C14H26N4O4. The minimum Gasteiger partial charge on any atom is -0.378 e. The van der Waals surface area contributed by atoms with Gasteiger partial charge in [0.2, 0.25) is 0 Å². The number of rotatable bonds is 13. The van der Waals surface area contributed by atoms with Gasteiger partial charge in [-0.1, -0.05) is 13.2 Å². The highest BCUT2D eigenvalue weighted by molar-refractivity contribution is 5.92. The lowest BCUT2D eigenvalue weighted by molar-refractivity contribution is -0.119. The molecule has 0 unspecified atom stereocenters. The number of ether oxygens (including phenoxy) is 2. The number of hydrogen-bond donors (Lipinski definition) is 4. The van der Waals surface area contributed by atoms with Crippen LogP contribution in [0.3, 0.4) is 0 Å². The van der Waals surface area contributed by atoms with Crippen molar-refractivity contribution >= 4 is 11.8 Å². The highest BCUT2D eigenvalue weighted by Gasteiger charge is 1.99. The van der Waals surface area contributed by atoms with Crippen LogP contribution in [0.25, 0.3) is 0 Å². The van der Waals surface area contributed by atoms with E-state index in [1.807, 2.05) is 0 Å². The molecular weight excluding hydrogens is 288 g/mol. The van der Waals surface area contributed by atoms with E-state index in [0.29, 0.717) is 50.7 Å². The molecule has 0 saturated carbocycles. The number of nitrogens with one attached hydrogen (secondary N) is 4. The molecule has 0 aromatic heterocycles. The quantitative estimate of drug-likeness (QED) is 0.206. The normalized spacial score (nSPS) is 10.1. The molecule has 2 amide bonds. The van der Waals surface area contributed by atoms with Crippen LogP contribution in [0.1, 0.15) is 13.8 Å². The van der Waals surface area contributed by atoms with Gasteiger partial charge in [0, 0.05) is 24.2 Å². The fourth-order valence-corrected chi connectivity index (χ4v) is 1.07. The van der Waals surface area contributed by atoms with E-state index in [9.17, 15) is 9.59 Å². The number of amides is 2. The van der Waals surface area contributed by atoms with Crippen molar-refractivity contribution in [1.29, 1.82) is 0 Å². The van der Waals surface area contributed by atoms with Crippen LogP contribution in [0.2, 0.25) is 0 Å². The Bertz CT molecular complexity index is 349. The third-order valence-electron chi connectivity index (χ3n) is 2.29. The van der Waals surface area contributed by atoms with Crippen LogP contribution in [0, 0.1) is 0 Å². The SMILES string of the molecule is C=C(C)C(=O)NNCCOCCOCCNNC(=O)C(=C)C. The number of hydrogen-bond acceptors (Lipinski definition) is 6. The summed E-state index contributed by atoms with van der Waals surface area (Å²) < 4.78 is 10.6. The standard InChI is InChI=1S/C14H26N4O4/c1-11(2)13(19)17-15-5-7-21-9-10-22-8-6-16-18-14(20)12(3)4/h15-16H,1,3,5-10H2,2,4H3,(H,17,19)(H,18,20). The fraction of sp³-hybridized carbons (Fsp3) is 0.571. The van der Waals surface area contributed by atoms with Crippen LogP contribution >= 0.6 is 0 Å².